The first-order chi connectivity index (χ1) is 12.8. The van der Waals surface area contributed by atoms with Crippen LogP contribution in [-0.4, -0.2) is 40.9 Å². The van der Waals surface area contributed by atoms with Crippen LogP contribution in [0, 0.1) is 0 Å². The van der Waals surface area contributed by atoms with Crippen LogP contribution in [0.4, 0.5) is 0 Å². The quantitative estimate of drug-likeness (QED) is 0.728. The van der Waals surface area contributed by atoms with Crippen LogP contribution >= 0.6 is 0 Å². The molecule has 3 aromatic rings. The number of methoxy groups -OCH3 is 2. The third kappa shape index (κ3) is 2.81. The summed E-state index contributed by atoms with van der Waals surface area (Å²) in [5.41, 5.74) is 5.35. The van der Waals surface area contributed by atoms with Crippen LogP contribution in [0.1, 0.15) is 48.3 Å². The molecule has 138 valence electrons. The lowest BCUT2D eigenvalue weighted by atomic mass is 9.84. The van der Waals surface area contributed by atoms with Crippen molar-refractivity contribution in [3.8, 4) is 11.6 Å². The molecular weight excluding hydrogens is 332 g/mol. The largest absolute Gasteiger partial charge is 0.384 e. The molecule has 0 bridgehead atoms. The summed E-state index contributed by atoms with van der Waals surface area (Å²) < 4.78 is 16.5. The first kappa shape index (κ1) is 17.2. The van der Waals surface area contributed by atoms with Crippen molar-refractivity contribution >= 4 is 10.9 Å². The highest BCUT2D eigenvalue weighted by atomic mass is 16.5. The number of H-pyrrole nitrogens is 1. The van der Waals surface area contributed by atoms with Crippen LogP contribution in [0.5, 0.6) is 0 Å². The minimum atomic E-state index is 0.372. The van der Waals surface area contributed by atoms with Gasteiger partial charge in [-0.05, 0) is 24.8 Å². The molecule has 0 saturated heterocycles. The van der Waals surface area contributed by atoms with E-state index in [1.165, 1.54) is 16.6 Å². The standard InChI is InChI=1S/C19H24N4O3/c1-4-15-22-19(26-23-15)18-12(10-25-3)17-14(8-20-18)21-13-7-5-6-11(9-24-2)16(13)17/h8,11,21H,4-7,9-10H2,1-3H3. The van der Waals surface area contributed by atoms with Crippen LogP contribution in [0.25, 0.3) is 22.5 Å². The van der Waals surface area contributed by atoms with Gasteiger partial charge in [0.15, 0.2) is 5.82 Å². The smallest absolute Gasteiger partial charge is 0.276 e. The van der Waals surface area contributed by atoms with E-state index in [4.69, 9.17) is 14.0 Å². The Balaban J connectivity index is 1.94. The van der Waals surface area contributed by atoms with Gasteiger partial charge < -0.3 is 19.0 Å². The van der Waals surface area contributed by atoms with Gasteiger partial charge in [-0.25, -0.2) is 4.98 Å². The number of fused-ring (bicyclic) bond motifs is 3. The van der Waals surface area contributed by atoms with Gasteiger partial charge in [0.05, 0.1) is 24.9 Å². The van der Waals surface area contributed by atoms with Crippen molar-refractivity contribution in [2.45, 2.75) is 45.1 Å². The molecule has 7 nitrogen and oxygen atoms in total. The van der Waals surface area contributed by atoms with Gasteiger partial charge in [0.25, 0.3) is 5.89 Å². The number of hydrogen-bond donors (Lipinski definition) is 1. The number of aromatic nitrogens is 4. The molecular formula is C19H24N4O3. The highest BCUT2D eigenvalue weighted by Gasteiger charge is 2.28. The molecule has 0 fully saturated rings. The molecule has 0 saturated carbocycles. The first-order valence-corrected chi connectivity index (χ1v) is 9.09. The number of hydrogen-bond acceptors (Lipinski definition) is 6. The fourth-order valence-electron chi connectivity index (χ4n) is 3.98. The normalized spacial score (nSPS) is 17.0. The van der Waals surface area contributed by atoms with E-state index in [1.54, 1.807) is 14.2 Å². The van der Waals surface area contributed by atoms with Gasteiger partial charge in [-0.2, -0.15) is 4.98 Å². The zero-order valence-electron chi connectivity index (χ0n) is 15.5. The Bertz CT molecular complexity index is 915. The van der Waals surface area contributed by atoms with Crippen molar-refractivity contribution in [1.82, 2.24) is 20.1 Å². The maximum Gasteiger partial charge on any atom is 0.276 e. The van der Waals surface area contributed by atoms with Crippen molar-refractivity contribution in [3.05, 3.63) is 28.8 Å². The molecule has 1 aliphatic carbocycles. The molecule has 26 heavy (non-hydrogen) atoms. The third-order valence-electron chi connectivity index (χ3n) is 5.09. The molecule has 0 aromatic carbocycles. The average Bonchev–Trinajstić information content (AvgIpc) is 3.27. The topological polar surface area (TPSA) is 86.1 Å². The summed E-state index contributed by atoms with van der Waals surface area (Å²) in [6.07, 6.45) is 5.92. The summed E-state index contributed by atoms with van der Waals surface area (Å²) >= 11 is 0. The molecule has 0 aliphatic heterocycles. The Kier molecular flexibility index (Phi) is 4.74. The summed E-state index contributed by atoms with van der Waals surface area (Å²) in [5.74, 6) is 1.50. The number of ether oxygens (including phenoxy) is 2. The Labute approximate surface area is 152 Å². The van der Waals surface area contributed by atoms with Gasteiger partial charge in [0.1, 0.15) is 5.69 Å². The molecule has 1 unspecified atom stereocenters. The molecule has 4 rings (SSSR count). The Morgan fingerprint density at radius 2 is 2.19 bits per heavy atom. The number of rotatable bonds is 6. The maximum absolute atomic E-state index is 5.51. The van der Waals surface area contributed by atoms with E-state index in [-0.39, 0.29) is 0 Å². The fourth-order valence-corrected chi connectivity index (χ4v) is 3.98. The number of pyridine rings is 1. The Morgan fingerprint density at radius 1 is 1.31 bits per heavy atom. The van der Waals surface area contributed by atoms with E-state index < -0.39 is 0 Å². The second kappa shape index (κ2) is 7.17. The van der Waals surface area contributed by atoms with Crippen LogP contribution in [0.3, 0.4) is 0 Å². The van der Waals surface area contributed by atoms with E-state index >= 15 is 0 Å². The summed E-state index contributed by atoms with van der Waals surface area (Å²) in [6.45, 7) is 3.15. The second-order valence-corrected chi connectivity index (χ2v) is 6.74. The van der Waals surface area contributed by atoms with Gasteiger partial charge in [0, 0.05) is 43.2 Å². The summed E-state index contributed by atoms with van der Waals surface area (Å²) in [7, 11) is 3.45. The Hall–Kier alpha value is -2.25. The highest BCUT2D eigenvalue weighted by molar-refractivity contribution is 5.91. The highest BCUT2D eigenvalue weighted by Crippen LogP contribution is 2.40. The zero-order valence-corrected chi connectivity index (χ0v) is 15.5. The SMILES string of the molecule is CCc1noc(-c2ncc3[nH]c4c(c3c2COC)C(COC)CCC4)n1. The van der Waals surface area contributed by atoms with Crippen molar-refractivity contribution < 1.29 is 14.0 Å². The lowest BCUT2D eigenvalue weighted by Crippen LogP contribution is -2.14. The number of aryl methyl sites for hydroxylation is 2. The molecule has 0 amide bonds. The van der Waals surface area contributed by atoms with E-state index in [1.807, 2.05) is 13.1 Å². The molecule has 1 atom stereocenters. The number of nitrogens with zero attached hydrogens (tertiary/aromatic N) is 3. The van der Waals surface area contributed by atoms with Gasteiger partial charge in [0.2, 0.25) is 0 Å². The maximum atomic E-state index is 5.51. The monoisotopic (exact) mass is 356 g/mol. The van der Waals surface area contributed by atoms with Crippen LogP contribution in [-0.2, 0) is 28.9 Å². The van der Waals surface area contributed by atoms with Crippen LogP contribution < -0.4 is 0 Å². The van der Waals surface area contributed by atoms with Gasteiger partial charge in [-0.1, -0.05) is 12.1 Å². The average molecular weight is 356 g/mol. The minimum Gasteiger partial charge on any atom is -0.384 e. The number of nitrogens with one attached hydrogen (secondary N) is 1. The molecule has 0 spiro atoms. The van der Waals surface area contributed by atoms with Crippen molar-refractivity contribution in [3.63, 3.8) is 0 Å². The number of aromatic amines is 1. The van der Waals surface area contributed by atoms with E-state index in [0.29, 0.717) is 36.5 Å². The molecule has 3 heterocycles. The predicted molar refractivity (Wildman–Crippen MR) is 97.0 cm³/mol. The molecule has 1 aliphatic rings. The summed E-state index contributed by atoms with van der Waals surface area (Å²) in [4.78, 5) is 12.6. The lowest BCUT2D eigenvalue weighted by molar-refractivity contribution is 0.172. The second-order valence-electron chi connectivity index (χ2n) is 6.74. The molecule has 3 aromatic heterocycles. The summed E-state index contributed by atoms with van der Waals surface area (Å²) in [6, 6.07) is 0. The minimum absolute atomic E-state index is 0.372. The van der Waals surface area contributed by atoms with E-state index in [2.05, 4.69) is 20.1 Å². The summed E-state index contributed by atoms with van der Waals surface area (Å²) in [5, 5.41) is 5.19. The van der Waals surface area contributed by atoms with Gasteiger partial charge in [-0.15, -0.1) is 0 Å². The van der Waals surface area contributed by atoms with Crippen molar-refractivity contribution in [2.24, 2.45) is 0 Å². The molecule has 7 heteroatoms. The zero-order chi connectivity index (χ0) is 18.1. The van der Waals surface area contributed by atoms with E-state index in [0.717, 1.165) is 36.8 Å². The first-order valence-electron chi connectivity index (χ1n) is 9.09. The Morgan fingerprint density at radius 3 is 2.92 bits per heavy atom. The van der Waals surface area contributed by atoms with Crippen LogP contribution in [0.2, 0.25) is 0 Å². The van der Waals surface area contributed by atoms with Crippen molar-refractivity contribution in [2.75, 3.05) is 20.8 Å². The fraction of sp³-hybridized carbons (Fsp3) is 0.526. The third-order valence-corrected chi connectivity index (χ3v) is 5.09. The van der Waals surface area contributed by atoms with Crippen LogP contribution in [0.15, 0.2) is 10.7 Å². The van der Waals surface area contributed by atoms with Gasteiger partial charge >= 0.3 is 0 Å². The van der Waals surface area contributed by atoms with Crippen molar-refractivity contribution in [1.29, 1.82) is 0 Å². The molecule has 0 radical (unpaired) electrons. The predicted octanol–water partition coefficient (Wildman–Crippen LogP) is 3.39. The van der Waals surface area contributed by atoms with E-state index in [9.17, 15) is 0 Å². The van der Waals surface area contributed by atoms with Gasteiger partial charge in [-0.3, -0.25) is 0 Å². The lowest BCUT2D eigenvalue weighted by Gasteiger charge is -2.23. The molecule has 1 N–H and O–H groups in total.